The molecule has 1 aliphatic carbocycles. The molecule has 0 spiro atoms. The summed E-state index contributed by atoms with van der Waals surface area (Å²) >= 11 is 3.32. The van der Waals surface area contributed by atoms with Gasteiger partial charge in [-0.2, -0.15) is 0 Å². The largest absolute Gasteiger partial charge is 0.421 e. The number of fused-ring (bicyclic) bond motifs is 1. The summed E-state index contributed by atoms with van der Waals surface area (Å²) in [6, 6.07) is 13.4. The fourth-order valence-electron chi connectivity index (χ4n) is 3.51. The summed E-state index contributed by atoms with van der Waals surface area (Å²) in [6.45, 7) is 0. The Labute approximate surface area is 164 Å². The second-order valence-electron chi connectivity index (χ2n) is 6.53. The molecule has 2 aromatic carbocycles. The molecule has 5 nitrogen and oxygen atoms in total. The second-order valence-corrected chi connectivity index (χ2v) is 7.45. The average molecular weight is 426 g/mol. The third-order valence-electron chi connectivity index (χ3n) is 4.90. The van der Waals surface area contributed by atoms with E-state index in [-0.39, 0.29) is 29.4 Å². The Kier molecular flexibility index (Phi) is 4.66. The van der Waals surface area contributed by atoms with Crippen molar-refractivity contribution in [3.63, 3.8) is 0 Å². The highest BCUT2D eigenvalue weighted by molar-refractivity contribution is 9.10. The number of anilines is 1. The van der Waals surface area contributed by atoms with Gasteiger partial charge >= 0.3 is 5.97 Å². The van der Waals surface area contributed by atoms with Crippen LogP contribution in [0, 0.1) is 11.8 Å². The summed E-state index contributed by atoms with van der Waals surface area (Å²) < 4.78 is 6.37. The highest BCUT2D eigenvalue weighted by atomic mass is 79.9. The van der Waals surface area contributed by atoms with E-state index >= 15 is 0 Å². The lowest BCUT2D eigenvalue weighted by Crippen LogP contribution is -2.31. The van der Waals surface area contributed by atoms with Gasteiger partial charge in [0.05, 0.1) is 23.1 Å². The lowest BCUT2D eigenvalue weighted by molar-refractivity contribution is -0.122. The maximum Gasteiger partial charge on any atom is 0.343 e. The molecule has 0 aromatic heterocycles. The Bertz CT molecular complexity index is 925. The zero-order valence-corrected chi connectivity index (χ0v) is 15.9. The number of benzene rings is 2. The molecular weight excluding hydrogens is 410 g/mol. The van der Waals surface area contributed by atoms with Crippen LogP contribution in [-0.2, 0) is 9.59 Å². The average Bonchev–Trinajstić information content (AvgIpc) is 2.94. The van der Waals surface area contributed by atoms with Crippen LogP contribution in [0.25, 0.3) is 0 Å². The van der Waals surface area contributed by atoms with E-state index in [1.54, 1.807) is 48.5 Å². The molecule has 6 heteroatoms. The Morgan fingerprint density at radius 1 is 0.926 bits per heavy atom. The summed E-state index contributed by atoms with van der Waals surface area (Å²) in [5, 5.41) is 0. The van der Waals surface area contributed by atoms with Gasteiger partial charge in [0.15, 0.2) is 5.75 Å². The molecule has 2 amide bonds. The van der Waals surface area contributed by atoms with Crippen molar-refractivity contribution in [2.45, 2.75) is 12.8 Å². The maximum absolute atomic E-state index is 12.8. The molecule has 0 unspecified atom stereocenters. The molecule has 27 heavy (non-hydrogen) atoms. The van der Waals surface area contributed by atoms with Gasteiger partial charge in [0, 0.05) is 4.47 Å². The maximum atomic E-state index is 12.8. The smallest absolute Gasteiger partial charge is 0.343 e. The number of imide groups is 1. The fraction of sp³-hybridized carbons (Fsp3) is 0.190. The Morgan fingerprint density at radius 3 is 2.15 bits per heavy atom. The highest BCUT2D eigenvalue weighted by Crippen LogP contribution is 2.40. The zero-order chi connectivity index (χ0) is 19.0. The minimum absolute atomic E-state index is 0.193. The van der Waals surface area contributed by atoms with Crippen molar-refractivity contribution in [3.8, 4) is 5.75 Å². The minimum atomic E-state index is -0.548. The molecule has 1 heterocycles. The van der Waals surface area contributed by atoms with E-state index in [1.165, 1.54) is 4.90 Å². The van der Waals surface area contributed by atoms with Crippen molar-refractivity contribution >= 4 is 39.4 Å². The molecular formula is C21H16BrNO4. The van der Waals surface area contributed by atoms with Crippen LogP contribution in [0.3, 0.4) is 0 Å². The van der Waals surface area contributed by atoms with Gasteiger partial charge in [-0.15, -0.1) is 0 Å². The molecule has 1 aliphatic heterocycles. The fourth-order valence-corrected chi connectivity index (χ4v) is 3.78. The van der Waals surface area contributed by atoms with Gasteiger partial charge in [-0.1, -0.05) is 40.2 Å². The summed E-state index contributed by atoms with van der Waals surface area (Å²) in [7, 11) is 0. The van der Waals surface area contributed by atoms with Gasteiger partial charge < -0.3 is 4.74 Å². The molecule has 1 saturated heterocycles. The first-order valence-electron chi connectivity index (χ1n) is 8.66. The van der Waals surface area contributed by atoms with Crippen LogP contribution in [0.1, 0.15) is 23.2 Å². The van der Waals surface area contributed by atoms with Crippen LogP contribution in [0.15, 0.2) is 65.2 Å². The Morgan fingerprint density at radius 2 is 1.52 bits per heavy atom. The molecule has 0 radical (unpaired) electrons. The van der Waals surface area contributed by atoms with Gasteiger partial charge in [0.2, 0.25) is 11.8 Å². The number of allylic oxidation sites excluding steroid dienone is 2. The molecule has 136 valence electrons. The molecule has 0 N–H and O–H groups in total. The second kappa shape index (κ2) is 7.12. The number of para-hydroxylation sites is 2. The molecule has 0 bridgehead atoms. The number of hydrogen-bond acceptors (Lipinski definition) is 4. The van der Waals surface area contributed by atoms with Crippen molar-refractivity contribution in [1.29, 1.82) is 0 Å². The predicted molar refractivity (Wildman–Crippen MR) is 103 cm³/mol. The van der Waals surface area contributed by atoms with Crippen LogP contribution < -0.4 is 9.64 Å². The van der Waals surface area contributed by atoms with E-state index in [1.807, 2.05) is 12.2 Å². The van der Waals surface area contributed by atoms with Gasteiger partial charge in [-0.05, 0) is 49.2 Å². The van der Waals surface area contributed by atoms with Gasteiger partial charge in [-0.3, -0.25) is 9.59 Å². The van der Waals surface area contributed by atoms with E-state index in [2.05, 4.69) is 15.9 Å². The first-order valence-corrected chi connectivity index (χ1v) is 9.45. The molecule has 2 aliphatic rings. The SMILES string of the molecule is O=C(Oc1ccccc1N1C(=O)[C@H]2CC=CC[C@H]2C1=O)c1ccc(Br)cc1. The summed E-state index contributed by atoms with van der Waals surface area (Å²) in [4.78, 5) is 39.3. The van der Waals surface area contributed by atoms with Crippen molar-refractivity contribution in [2.24, 2.45) is 11.8 Å². The normalized spacial score (nSPS) is 21.3. The number of rotatable bonds is 3. The van der Waals surface area contributed by atoms with E-state index < -0.39 is 5.97 Å². The van der Waals surface area contributed by atoms with Crippen molar-refractivity contribution in [1.82, 2.24) is 0 Å². The Hall–Kier alpha value is -2.73. The number of halogens is 1. The first-order chi connectivity index (χ1) is 13.1. The lowest BCUT2D eigenvalue weighted by atomic mass is 9.85. The minimum Gasteiger partial charge on any atom is -0.421 e. The van der Waals surface area contributed by atoms with Crippen molar-refractivity contribution in [2.75, 3.05) is 4.90 Å². The highest BCUT2D eigenvalue weighted by Gasteiger charge is 2.48. The number of carbonyl (C=O) groups excluding carboxylic acids is 3. The van der Waals surface area contributed by atoms with Gasteiger partial charge in [-0.25, -0.2) is 9.69 Å². The summed E-state index contributed by atoms with van der Waals surface area (Å²) in [6.07, 6.45) is 5.00. The van der Waals surface area contributed by atoms with Crippen LogP contribution >= 0.6 is 15.9 Å². The van der Waals surface area contributed by atoms with Gasteiger partial charge in [0.1, 0.15) is 0 Å². The van der Waals surface area contributed by atoms with Crippen LogP contribution in [0.4, 0.5) is 5.69 Å². The van der Waals surface area contributed by atoms with Gasteiger partial charge in [0.25, 0.3) is 0 Å². The first kappa shape index (κ1) is 17.7. The van der Waals surface area contributed by atoms with E-state index in [0.29, 0.717) is 24.1 Å². The molecule has 2 aromatic rings. The third kappa shape index (κ3) is 3.21. The lowest BCUT2D eigenvalue weighted by Gasteiger charge is -2.18. The summed E-state index contributed by atoms with van der Waals surface area (Å²) in [5.41, 5.74) is 0.692. The number of amides is 2. The number of nitrogens with zero attached hydrogens (tertiary/aromatic N) is 1. The van der Waals surface area contributed by atoms with Crippen molar-refractivity contribution < 1.29 is 19.1 Å². The Balaban J connectivity index is 1.64. The molecule has 1 fully saturated rings. The topological polar surface area (TPSA) is 63.7 Å². The van der Waals surface area contributed by atoms with E-state index in [9.17, 15) is 14.4 Å². The van der Waals surface area contributed by atoms with E-state index in [0.717, 1.165) is 4.47 Å². The van der Waals surface area contributed by atoms with Crippen molar-refractivity contribution in [3.05, 3.63) is 70.7 Å². The number of esters is 1. The molecule has 0 saturated carbocycles. The number of ether oxygens (including phenoxy) is 1. The zero-order valence-electron chi connectivity index (χ0n) is 14.3. The van der Waals surface area contributed by atoms with Crippen LogP contribution in [0.5, 0.6) is 5.75 Å². The molecule has 2 atom stereocenters. The number of carbonyl (C=O) groups is 3. The number of hydrogen-bond donors (Lipinski definition) is 0. The quantitative estimate of drug-likeness (QED) is 0.321. The standard InChI is InChI=1S/C21H16BrNO4/c22-14-11-9-13(10-12-14)21(26)27-18-8-4-3-7-17(18)23-19(24)15-5-1-2-6-16(15)20(23)25/h1-4,7-12,15-16H,5-6H2/t15-,16+. The van der Waals surface area contributed by atoms with Crippen LogP contribution in [-0.4, -0.2) is 17.8 Å². The third-order valence-corrected chi connectivity index (χ3v) is 5.42. The summed E-state index contributed by atoms with van der Waals surface area (Å²) in [5.74, 6) is -1.50. The van der Waals surface area contributed by atoms with Crippen LogP contribution in [0.2, 0.25) is 0 Å². The predicted octanol–water partition coefficient (Wildman–Crippen LogP) is 4.12. The molecule has 4 rings (SSSR count). The van der Waals surface area contributed by atoms with E-state index in [4.69, 9.17) is 4.74 Å². The monoisotopic (exact) mass is 425 g/mol.